The highest BCUT2D eigenvalue weighted by Gasteiger charge is 2.08. The van der Waals surface area contributed by atoms with Crippen molar-refractivity contribution in [1.29, 1.82) is 0 Å². The first kappa shape index (κ1) is 15.5. The molecule has 0 bridgehead atoms. The van der Waals surface area contributed by atoms with Gasteiger partial charge in [0.1, 0.15) is 0 Å². The molecule has 0 heterocycles. The quantitative estimate of drug-likeness (QED) is 0.631. The molecule has 1 rings (SSSR count). The maximum absolute atomic E-state index is 4.25. The fourth-order valence-electron chi connectivity index (χ4n) is 1.77. The van der Waals surface area contributed by atoms with Crippen LogP contribution in [0.5, 0.6) is 0 Å². The Hall–Kier alpha value is -1.51. The minimum Gasteiger partial charge on any atom is -0.356 e. The summed E-state index contributed by atoms with van der Waals surface area (Å²) in [6, 6.07) is 9.06. The molecule has 19 heavy (non-hydrogen) atoms. The maximum atomic E-state index is 4.25. The summed E-state index contributed by atoms with van der Waals surface area (Å²) in [5.74, 6) is 1.48. The zero-order valence-corrected chi connectivity index (χ0v) is 12.8. The van der Waals surface area contributed by atoms with Gasteiger partial charge in [-0.25, -0.2) is 0 Å². The van der Waals surface area contributed by atoms with Crippen molar-refractivity contribution in [2.24, 2.45) is 10.9 Å². The Bertz CT molecular complexity index is 410. The summed E-state index contributed by atoms with van der Waals surface area (Å²) in [6.07, 6.45) is 1.01. The van der Waals surface area contributed by atoms with Gasteiger partial charge in [0.15, 0.2) is 5.96 Å². The summed E-state index contributed by atoms with van der Waals surface area (Å²) in [6.45, 7) is 9.61. The number of benzene rings is 1. The van der Waals surface area contributed by atoms with Crippen LogP contribution in [0.15, 0.2) is 29.3 Å². The van der Waals surface area contributed by atoms with Gasteiger partial charge >= 0.3 is 0 Å². The number of nitrogens with one attached hydrogen (secondary N) is 2. The van der Waals surface area contributed by atoms with Gasteiger partial charge in [-0.05, 0) is 31.7 Å². The first-order valence-corrected chi connectivity index (χ1v) is 7.05. The molecular formula is C16H27N3. The lowest BCUT2D eigenvalue weighted by molar-refractivity contribution is 0.481. The van der Waals surface area contributed by atoms with E-state index in [1.165, 1.54) is 11.1 Å². The fraction of sp³-hybridized carbons (Fsp3) is 0.562. The molecule has 0 aliphatic carbocycles. The van der Waals surface area contributed by atoms with Gasteiger partial charge in [0.2, 0.25) is 0 Å². The van der Waals surface area contributed by atoms with Crippen molar-refractivity contribution >= 4 is 5.96 Å². The first-order valence-electron chi connectivity index (χ1n) is 7.05. The lowest BCUT2D eigenvalue weighted by Gasteiger charge is -2.20. The standard InChI is InChI=1S/C16H27N3/c1-12(2)14(4)19-16(17-5)18-10-9-15-8-6-7-13(3)11-15/h6-8,11-12,14H,9-10H2,1-5H3,(H2,17,18,19). The van der Waals surface area contributed by atoms with E-state index in [0.717, 1.165) is 18.9 Å². The van der Waals surface area contributed by atoms with E-state index in [4.69, 9.17) is 0 Å². The third-order valence-electron chi connectivity index (χ3n) is 3.38. The Morgan fingerprint density at radius 3 is 2.58 bits per heavy atom. The van der Waals surface area contributed by atoms with E-state index in [1.54, 1.807) is 0 Å². The number of hydrogen-bond acceptors (Lipinski definition) is 1. The van der Waals surface area contributed by atoms with Crippen LogP contribution in [-0.2, 0) is 6.42 Å². The lowest BCUT2D eigenvalue weighted by Crippen LogP contribution is -2.44. The number of aryl methyl sites for hydroxylation is 1. The predicted molar refractivity (Wildman–Crippen MR) is 83.7 cm³/mol. The van der Waals surface area contributed by atoms with E-state index < -0.39 is 0 Å². The maximum Gasteiger partial charge on any atom is 0.191 e. The summed E-state index contributed by atoms with van der Waals surface area (Å²) >= 11 is 0. The molecule has 106 valence electrons. The van der Waals surface area contributed by atoms with E-state index in [0.29, 0.717) is 12.0 Å². The molecule has 0 aliphatic heterocycles. The molecule has 1 atom stereocenters. The van der Waals surface area contributed by atoms with E-state index in [1.807, 2.05) is 7.05 Å². The van der Waals surface area contributed by atoms with Crippen molar-refractivity contribution in [3.8, 4) is 0 Å². The Morgan fingerprint density at radius 2 is 2.00 bits per heavy atom. The molecule has 0 saturated carbocycles. The number of rotatable bonds is 5. The molecule has 0 spiro atoms. The SMILES string of the molecule is CN=C(NCCc1cccc(C)c1)NC(C)C(C)C. The van der Waals surface area contributed by atoms with E-state index in [2.05, 4.69) is 67.6 Å². The molecule has 1 aromatic rings. The smallest absolute Gasteiger partial charge is 0.191 e. The van der Waals surface area contributed by atoms with Gasteiger partial charge in [0, 0.05) is 19.6 Å². The van der Waals surface area contributed by atoms with Gasteiger partial charge < -0.3 is 10.6 Å². The molecular weight excluding hydrogens is 234 g/mol. The molecule has 0 aromatic heterocycles. The summed E-state index contributed by atoms with van der Waals surface area (Å²) in [5.41, 5.74) is 2.67. The first-order chi connectivity index (χ1) is 9.02. The number of aliphatic imine (C=N–C) groups is 1. The van der Waals surface area contributed by atoms with Crippen molar-refractivity contribution in [1.82, 2.24) is 10.6 Å². The van der Waals surface area contributed by atoms with Crippen molar-refractivity contribution in [3.63, 3.8) is 0 Å². The van der Waals surface area contributed by atoms with Crippen LogP contribution in [-0.4, -0.2) is 25.6 Å². The van der Waals surface area contributed by atoms with E-state index in [9.17, 15) is 0 Å². The average molecular weight is 261 g/mol. The molecule has 0 fully saturated rings. The van der Waals surface area contributed by atoms with Gasteiger partial charge in [-0.15, -0.1) is 0 Å². The molecule has 2 N–H and O–H groups in total. The molecule has 0 radical (unpaired) electrons. The predicted octanol–water partition coefficient (Wildman–Crippen LogP) is 2.75. The van der Waals surface area contributed by atoms with Crippen LogP contribution in [0, 0.1) is 12.8 Å². The molecule has 0 amide bonds. The van der Waals surface area contributed by atoms with Crippen LogP contribution in [0.2, 0.25) is 0 Å². The van der Waals surface area contributed by atoms with Gasteiger partial charge in [0.05, 0.1) is 0 Å². The highest BCUT2D eigenvalue weighted by molar-refractivity contribution is 5.79. The Labute approximate surface area is 117 Å². The number of nitrogens with zero attached hydrogens (tertiary/aromatic N) is 1. The largest absolute Gasteiger partial charge is 0.356 e. The molecule has 3 nitrogen and oxygen atoms in total. The van der Waals surface area contributed by atoms with Crippen LogP contribution in [0.1, 0.15) is 31.9 Å². The summed E-state index contributed by atoms with van der Waals surface area (Å²) in [5, 5.41) is 6.76. The fourth-order valence-corrected chi connectivity index (χ4v) is 1.77. The Balaban J connectivity index is 2.38. The van der Waals surface area contributed by atoms with Gasteiger partial charge in [-0.2, -0.15) is 0 Å². The average Bonchev–Trinajstić information content (AvgIpc) is 2.37. The Morgan fingerprint density at radius 1 is 1.26 bits per heavy atom. The third-order valence-corrected chi connectivity index (χ3v) is 3.38. The zero-order chi connectivity index (χ0) is 14.3. The molecule has 0 saturated heterocycles. The second kappa shape index (κ2) is 7.82. The van der Waals surface area contributed by atoms with Crippen molar-refractivity contribution in [2.45, 2.75) is 40.2 Å². The zero-order valence-electron chi connectivity index (χ0n) is 12.8. The van der Waals surface area contributed by atoms with Crippen molar-refractivity contribution in [3.05, 3.63) is 35.4 Å². The number of hydrogen-bond donors (Lipinski definition) is 2. The van der Waals surface area contributed by atoms with Gasteiger partial charge in [-0.3, -0.25) is 4.99 Å². The van der Waals surface area contributed by atoms with Gasteiger partial charge in [0.25, 0.3) is 0 Å². The molecule has 1 unspecified atom stereocenters. The monoisotopic (exact) mass is 261 g/mol. The number of guanidine groups is 1. The van der Waals surface area contributed by atoms with Crippen LogP contribution >= 0.6 is 0 Å². The van der Waals surface area contributed by atoms with E-state index >= 15 is 0 Å². The van der Waals surface area contributed by atoms with Gasteiger partial charge in [-0.1, -0.05) is 43.7 Å². The van der Waals surface area contributed by atoms with Crippen LogP contribution in [0.25, 0.3) is 0 Å². The normalized spacial score (nSPS) is 13.5. The third kappa shape index (κ3) is 5.77. The lowest BCUT2D eigenvalue weighted by atomic mass is 10.1. The van der Waals surface area contributed by atoms with Crippen LogP contribution in [0.4, 0.5) is 0 Å². The van der Waals surface area contributed by atoms with E-state index in [-0.39, 0.29) is 0 Å². The van der Waals surface area contributed by atoms with Crippen molar-refractivity contribution < 1.29 is 0 Å². The minimum atomic E-state index is 0.421. The highest BCUT2D eigenvalue weighted by Crippen LogP contribution is 2.04. The van der Waals surface area contributed by atoms with Crippen LogP contribution < -0.4 is 10.6 Å². The second-order valence-corrected chi connectivity index (χ2v) is 5.42. The topological polar surface area (TPSA) is 36.4 Å². The molecule has 0 aliphatic rings. The summed E-state index contributed by atoms with van der Waals surface area (Å²) < 4.78 is 0. The second-order valence-electron chi connectivity index (χ2n) is 5.42. The minimum absolute atomic E-state index is 0.421. The summed E-state index contributed by atoms with van der Waals surface area (Å²) in [4.78, 5) is 4.25. The molecule has 1 aromatic carbocycles. The summed E-state index contributed by atoms with van der Waals surface area (Å²) in [7, 11) is 1.81. The Kier molecular flexibility index (Phi) is 6.40. The van der Waals surface area contributed by atoms with Crippen LogP contribution in [0.3, 0.4) is 0 Å². The highest BCUT2D eigenvalue weighted by atomic mass is 15.2. The molecule has 3 heteroatoms. The van der Waals surface area contributed by atoms with Crippen molar-refractivity contribution in [2.75, 3.05) is 13.6 Å².